The van der Waals surface area contributed by atoms with Gasteiger partial charge in [0.25, 0.3) is 0 Å². The first-order chi connectivity index (χ1) is 10.3. The fourth-order valence-electron chi connectivity index (χ4n) is 3.43. The summed E-state index contributed by atoms with van der Waals surface area (Å²) < 4.78 is 0. The Morgan fingerprint density at radius 3 is 2.32 bits per heavy atom. The zero-order chi connectivity index (χ0) is 16.3. The van der Waals surface area contributed by atoms with E-state index in [0.29, 0.717) is 12.6 Å². The summed E-state index contributed by atoms with van der Waals surface area (Å²) in [5.41, 5.74) is 5.53. The Kier molecular flexibility index (Phi) is 5.48. The molecule has 2 aliphatic rings. The van der Waals surface area contributed by atoms with Gasteiger partial charge in [0.1, 0.15) is 0 Å². The molecule has 1 heterocycles. The number of hydrogen-bond acceptors (Lipinski definition) is 3. The molecule has 0 bridgehead atoms. The molecule has 5 heteroatoms. The number of carbonyl (C=O) groups excluding carboxylic acids is 2. The Morgan fingerprint density at radius 2 is 1.73 bits per heavy atom. The molecule has 1 aliphatic carbocycles. The van der Waals surface area contributed by atoms with Gasteiger partial charge in [-0.25, -0.2) is 0 Å². The quantitative estimate of drug-likeness (QED) is 0.814. The first-order valence-corrected chi connectivity index (χ1v) is 8.62. The molecule has 22 heavy (non-hydrogen) atoms. The van der Waals surface area contributed by atoms with Gasteiger partial charge in [-0.3, -0.25) is 9.59 Å². The topological polar surface area (TPSA) is 75.4 Å². The Hall–Kier alpha value is -1.10. The summed E-state index contributed by atoms with van der Waals surface area (Å²) in [7, 11) is 0. The predicted molar refractivity (Wildman–Crippen MR) is 87.1 cm³/mol. The third-order valence-corrected chi connectivity index (χ3v) is 4.84. The minimum Gasteiger partial charge on any atom is -0.353 e. The Morgan fingerprint density at radius 1 is 1.09 bits per heavy atom. The molecule has 126 valence electrons. The maximum atomic E-state index is 12.5. The lowest BCUT2D eigenvalue weighted by Crippen LogP contribution is -2.50. The smallest absolute Gasteiger partial charge is 0.227 e. The normalized spacial score (nSPS) is 30.0. The monoisotopic (exact) mass is 309 g/mol. The number of piperidine rings is 1. The molecule has 2 amide bonds. The number of amides is 2. The number of nitrogens with one attached hydrogen (secondary N) is 1. The lowest BCUT2D eigenvalue weighted by molar-refractivity contribution is -0.143. The van der Waals surface area contributed by atoms with Gasteiger partial charge in [-0.1, -0.05) is 20.8 Å². The lowest BCUT2D eigenvalue weighted by atomic mass is 9.89. The van der Waals surface area contributed by atoms with Crippen molar-refractivity contribution in [2.45, 2.75) is 71.4 Å². The first kappa shape index (κ1) is 17.3. The van der Waals surface area contributed by atoms with Crippen LogP contribution in [0.1, 0.15) is 59.3 Å². The van der Waals surface area contributed by atoms with E-state index in [1.54, 1.807) is 0 Å². The molecule has 0 aromatic carbocycles. The van der Waals surface area contributed by atoms with E-state index < -0.39 is 0 Å². The zero-order valence-electron chi connectivity index (χ0n) is 14.2. The molecular formula is C17H31N3O2. The average Bonchev–Trinajstić information content (AvgIpc) is 2.48. The molecule has 3 N–H and O–H groups in total. The van der Waals surface area contributed by atoms with Crippen molar-refractivity contribution < 1.29 is 9.59 Å². The fraction of sp³-hybridized carbons (Fsp3) is 0.882. The third kappa shape index (κ3) is 4.45. The SMILES string of the molecule is CC(C)(C)C(=O)N1CCCC(C(=O)NC2CCC(N)CC2)C1. The van der Waals surface area contributed by atoms with Crippen molar-refractivity contribution in [1.82, 2.24) is 10.2 Å². The molecule has 5 nitrogen and oxygen atoms in total. The molecule has 1 saturated heterocycles. The van der Waals surface area contributed by atoms with Crippen LogP contribution in [-0.2, 0) is 9.59 Å². The van der Waals surface area contributed by atoms with Gasteiger partial charge < -0.3 is 16.0 Å². The summed E-state index contributed by atoms with van der Waals surface area (Å²) in [5.74, 6) is 0.205. The van der Waals surface area contributed by atoms with Crippen molar-refractivity contribution in [3.63, 3.8) is 0 Å². The summed E-state index contributed by atoms with van der Waals surface area (Å²) in [6.07, 6.45) is 5.73. The van der Waals surface area contributed by atoms with Crippen LogP contribution in [0.4, 0.5) is 0 Å². The summed E-state index contributed by atoms with van der Waals surface area (Å²) in [6, 6.07) is 0.559. The number of carbonyl (C=O) groups is 2. The van der Waals surface area contributed by atoms with Crippen LogP contribution in [0.5, 0.6) is 0 Å². The van der Waals surface area contributed by atoms with Gasteiger partial charge >= 0.3 is 0 Å². The van der Waals surface area contributed by atoms with Gasteiger partial charge in [0.05, 0.1) is 5.92 Å². The number of nitrogens with zero attached hydrogens (tertiary/aromatic N) is 1. The van der Waals surface area contributed by atoms with Crippen molar-refractivity contribution >= 4 is 11.8 Å². The molecular weight excluding hydrogens is 278 g/mol. The summed E-state index contributed by atoms with van der Waals surface area (Å²) >= 11 is 0. The van der Waals surface area contributed by atoms with Gasteiger partial charge in [0, 0.05) is 30.6 Å². The first-order valence-electron chi connectivity index (χ1n) is 8.62. The average molecular weight is 309 g/mol. The summed E-state index contributed by atoms with van der Waals surface area (Å²) in [5, 5.41) is 3.17. The number of likely N-dealkylation sites (tertiary alicyclic amines) is 1. The van der Waals surface area contributed by atoms with E-state index in [-0.39, 0.29) is 29.2 Å². The Balaban J connectivity index is 1.86. The molecule has 1 aliphatic heterocycles. The molecule has 1 atom stereocenters. The Labute approximate surface area is 134 Å². The fourth-order valence-corrected chi connectivity index (χ4v) is 3.43. The second-order valence-electron chi connectivity index (χ2n) is 7.96. The summed E-state index contributed by atoms with van der Waals surface area (Å²) in [4.78, 5) is 26.7. The second kappa shape index (κ2) is 6.99. The zero-order valence-corrected chi connectivity index (χ0v) is 14.2. The highest BCUT2D eigenvalue weighted by molar-refractivity contribution is 5.84. The van der Waals surface area contributed by atoms with E-state index >= 15 is 0 Å². The van der Waals surface area contributed by atoms with Crippen LogP contribution in [0.3, 0.4) is 0 Å². The number of nitrogens with two attached hydrogens (primary N) is 1. The van der Waals surface area contributed by atoms with E-state index in [9.17, 15) is 9.59 Å². The minimum absolute atomic E-state index is 0.0596. The highest BCUT2D eigenvalue weighted by Crippen LogP contribution is 2.24. The summed E-state index contributed by atoms with van der Waals surface area (Å²) in [6.45, 7) is 7.14. The van der Waals surface area contributed by atoms with Gasteiger partial charge in [0.2, 0.25) is 11.8 Å². The molecule has 2 rings (SSSR count). The maximum Gasteiger partial charge on any atom is 0.227 e. The van der Waals surface area contributed by atoms with Crippen molar-refractivity contribution in [1.29, 1.82) is 0 Å². The lowest BCUT2D eigenvalue weighted by Gasteiger charge is -2.36. The Bertz CT molecular complexity index is 409. The van der Waals surface area contributed by atoms with Crippen molar-refractivity contribution in [2.75, 3.05) is 13.1 Å². The maximum absolute atomic E-state index is 12.5. The van der Waals surface area contributed by atoms with Gasteiger partial charge in [-0.2, -0.15) is 0 Å². The second-order valence-corrected chi connectivity index (χ2v) is 7.96. The standard InChI is InChI=1S/C17H31N3O2/c1-17(2,3)16(22)20-10-4-5-12(11-20)15(21)19-14-8-6-13(18)7-9-14/h12-14H,4-11,18H2,1-3H3,(H,19,21). The highest BCUT2D eigenvalue weighted by atomic mass is 16.2. The molecule has 0 aromatic rings. The van der Waals surface area contributed by atoms with Crippen LogP contribution in [0.15, 0.2) is 0 Å². The van der Waals surface area contributed by atoms with Gasteiger partial charge in [0.15, 0.2) is 0 Å². The molecule has 1 saturated carbocycles. The molecule has 2 fully saturated rings. The van der Waals surface area contributed by atoms with E-state index in [2.05, 4.69) is 5.32 Å². The van der Waals surface area contributed by atoms with Gasteiger partial charge in [-0.15, -0.1) is 0 Å². The van der Waals surface area contributed by atoms with Crippen molar-refractivity contribution in [3.05, 3.63) is 0 Å². The van der Waals surface area contributed by atoms with E-state index in [1.165, 1.54) is 0 Å². The van der Waals surface area contributed by atoms with Crippen molar-refractivity contribution in [3.8, 4) is 0 Å². The number of hydrogen-bond donors (Lipinski definition) is 2. The number of rotatable bonds is 2. The molecule has 0 radical (unpaired) electrons. The van der Waals surface area contributed by atoms with Crippen LogP contribution < -0.4 is 11.1 Å². The van der Waals surface area contributed by atoms with E-state index in [0.717, 1.165) is 45.1 Å². The van der Waals surface area contributed by atoms with Crippen LogP contribution >= 0.6 is 0 Å². The largest absolute Gasteiger partial charge is 0.353 e. The molecule has 0 spiro atoms. The van der Waals surface area contributed by atoms with Crippen LogP contribution in [-0.4, -0.2) is 41.9 Å². The third-order valence-electron chi connectivity index (χ3n) is 4.84. The van der Waals surface area contributed by atoms with Crippen molar-refractivity contribution in [2.24, 2.45) is 17.1 Å². The minimum atomic E-state index is -0.377. The van der Waals surface area contributed by atoms with Gasteiger partial charge in [-0.05, 0) is 38.5 Å². The van der Waals surface area contributed by atoms with E-state index in [4.69, 9.17) is 5.73 Å². The molecule has 0 aromatic heterocycles. The van der Waals surface area contributed by atoms with Crippen LogP contribution in [0, 0.1) is 11.3 Å². The highest BCUT2D eigenvalue weighted by Gasteiger charge is 2.34. The van der Waals surface area contributed by atoms with Crippen LogP contribution in [0.25, 0.3) is 0 Å². The van der Waals surface area contributed by atoms with Crippen LogP contribution in [0.2, 0.25) is 0 Å². The van der Waals surface area contributed by atoms with E-state index in [1.807, 2.05) is 25.7 Å². The predicted octanol–water partition coefficient (Wildman–Crippen LogP) is 1.66. The molecule has 1 unspecified atom stereocenters.